The van der Waals surface area contributed by atoms with Gasteiger partial charge in [0.25, 0.3) is 17.7 Å². The summed E-state index contributed by atoms with van der Waals surface area (Å²) in [4.78, 5) is 89.5. The van der Waals surface area contributed by atoms with E-state index in [0.717, 1.165) is 66.7 Å². The molecule has 3 saturated heterocycles. The number of nitrogens with one attached hydrogen (secondary N) is 5. The fourth-order valence-electron chi connectivity index (χ4n) is 9.98. The van der Waals surface area contributed by atoms with Crippen LogP contribution in [0.25, 0.3) is 0 Å². The minimum absolute atomic E-state index is 0.00351. The molecule has 3 aromatic carbocycles. The number of amides is 6. The van der Waals surface area contributed by atoms with Crippen LogP contribution in [0.3, 0.4) is 0 Å². The number of aliphatic imine (C=N–C) groups is 1. The van der Waals surface area contributed by atoms with Crippen molar-refractivity contribution in [2.24, 2.45) is 10.7 Å². The van der Waals surface area contributed by atoms with Crippen molar-refractivity contribution in [3.8, 4) is 5.75 Å². The Morgan fingerprint density at radius 3 is 2.22 bits per heavy atom. The first-order valence-corrected chi connectivity index (χ1v) is 27.1. The van der Waals surface area contributed by atoms with Gasteiger partial charge >= 0.3 is 0 Å². The summed E-state index contributed by atoms with van der Waals surface area (Å²) >= 11 is 0. The molecule has 0 bridgehead atoms. The Morgan fingerprint density at radius 1 is 0.823 bits per heavy atom. The van der Waals surface area contributed by atoms with Gasteiger partial charge in [-0.25, -0.2) is 9.38 Å². The second kappa shape index (κ2) is 27.8. The maximum atomic E-state index is 15.3. The van der Waals surface area contributed by atoms with Gasteiger partial charge < -0.3 is 50.4 Å². The van der Waals surface area contributed by atoms with Crippen LogP contribution in [0.15, 0.2) is 90.2 Å². The first kappa shape index (κ1) is 57.5. The zero-order valence-electron chi connectivity index (χ0n) is 44.6. The highest BCUT2D eigenvalue weighted by Gasteiger charge is 2.45. The lowest BCUT2D eigenvalue weighted by Crippen LogP contribution is -2.56. The second-order valence-corrected chi connectivity index (χ2v) is 19.9. The Hall–Kier alpha value is -7.66. The minimum atomic E-state index is -1.14. The molecule has 4 aliphatic rings. The molecule has 1 unspecified atom stereocenters. The summed E-state index contributed by atoms with van der Waals surface area (Å²) in [6.45, 7) is 7.65. The van der Waals surface area contributed by atoms with E-state index in [1.807, 2.05) is 49.4 Å². The third-order valence-electron chi connectivity index (χ3n) is 14.5. The molecule has 8 rings (SSSR count). The molecule has 0 radical (unpaired) electrons. The summed E-state index contributed by atoms with van der Waals surface area (Å²) in [5, 5.41) is 20.7. The Bertz CT molecular complexity index is 2860. The Balaban J connectivity index is 0.638. The number of aromatic nitrogens is 1. The summed E-state index contributed by atoms with van der Waals surface area (Å²) in [7, 11) is 0. The number of benzene rings is 3. The van der Waals surface area contributed by atoms with E-state index in [1.54, 1.807) is 40.4 Å². The SMILES string of the molecule is C[C@@H](NC(=O)c1cccc(NC2(C(N)=NC(=N)c3ccncc3)CCNCC2)c1)c1cccc(OCCCCCCOCCOCCOCCC(=O)N2CCN(c3cc4c(cc3F)C(=O)N(C3CCC(=O)NC3=O)C4=O)CC2)c1. The van der Waals surface area contributed by atoms with Gasteiger partial charge in [-0.05, 0) is 119 Å². The number of nitrogens with zero attached hydrogens (tertiary/aromatic N) is 5. The number of hydrogen-bond donors (Lipinski definition) is 6. The largest absolute Gasteiger partial charge is 0.494 e. The highest BCUT2D eigenvalue weighted by atomic mass is 19.1. The fourth-order valence-corrected chi connectivity index (χ4v) is 9.98. The molecule has 22 heteroatoms. The van der Waals surface area contributed by atoms with Crippen molar-refractivity contribution in [2.75, 3.05) is 95.7 Å². The highest BCUT2D eigenvalue weighted by molar-refractivity contribution is 6.24. The van der Waals surface area contributed by atoms with E-state index in [9.17, 15) is 28.8 Å². The molecule has 420 valence electrons. The number of piperidine rings is 2. The lowest BCUT2D eigenvalue weighted by Gasteiger charge is -2.38. The molecule has 0 spiro atoms. The van der Waals surface area contributed by atoms with Crippen LogP contribution in [0.4, 0.5) is 15.8 Å². The van der Waals surface area contributed by atoms with Crippen molar-refractivity contribution in [1.82, 2.24) is 30.7 Å². The van der Waals surface area contributed by atoms with Crippen LogP contribution in [0.5, 0.6) is 5.75 Å². The van der Waals surface area contributed by atoms with Gasteiger partial charge in [-0.2, -0.15) is 0 Å². The van der Waals surface area contributed by atoms with E-state index in [4.69, 9.17) is 30.1 Å². The van der Waals surface area contributed by atoms with E-state index in [2.05, 4.69) is 31.2 Å². The quantitative estimate of drug-likeness (QED) is 0.0214. The number of ether oxygens (including phenoxy) is 4. The van der Waals surface area contributed by atoms with Crippen LogP contribution < -0.4 is 36.6 Å². The van der Waals surface area contributed by atoms with Crippen molar-refractivity contribution in [1.29, 1.82) is 5.41 Å². The molecular weight excluding hydrogens is 1020 g/mol. The van der Waals surface area contributed by atoms with Crippen LogP contribution in [0.2, 0.25) is 0 Å². The maximum Gasteiger partial charge on any atom is 0.262 e. The summed E-state index contributed by atoms with van der Waals surface area (Å²) in [6, 6.07) is 19.4. The number of unbranched alkanes of at least 4 members (excludes halogenated alkanes) is 3. The number of pyridine rings is 1. The lowest BCUT2D eigenvalue weighted by molar-refractivity contribution is -0.136. The van der Waals surface area contributed by atoms with Gasteiger partial charge in [-0.1, -0.05) is 24.6 Å². The number of piperazine rings is 1. The van der Waals surface area contributed by atoms with Gasteiger partial charge in [0.2, 0.25) is 17.7 Å². The number of halogens is 1. The number of hydrogen-bond acceptors (Lipinski definition) is 15. The van der Waals surface area contributed by atoms with Crippen molar-refractivity contribution in [2.45, 2.75) is 82.3 Å². The molecule has 4 aliphatic heterocycles. The summed E-state index contributed by atoms with van der Waals surface area (Å²) in [6.07, 6.45) is 8.49. The first-order chi connectivity index (χ1) is 38.3. The number of fused-ring (bicyclic) bond motifs is 1. The van der Waals surface area contributed by atoms with E-state index >= 15 is 4.39 Å². The van der Waals surface area contributed by atoms with Crippen LogP contribution in [-0.4, -0.2) is 159 Å². The van der Waals surface area contributed by atoms with Crippen molar-refractivity contribution < 1.29 is 52.1 Å². The predicted molar refractivity (Wildman–Crippen MR) is 293 cm³/mol. The molecule has 0 aliphatic carbocycles. The molecular formula is C57H70FN11O10. The van der Waals surface area contributed by atoms with Gasteiger partial charge in [0.15, 0.2) is 5.84 Å². The molecule has 1 aromatic heterocycles. The smallest absolute Gasteiger partial charge is 0.262 e. The molecule has 79 heavy (non-hydrogen) atoms. The monoisotopic (exact) mass is 1090 g/mol. The number of anilines is 2. The normalized spacial score (nSPS) is 17.8. The average Bonchev–Trinajstić information content (AvgIpc) is 3.97. The Morgan fingerprint density at radius 2 is 1.49 bits per heavy atom. The van der Waals surface area contributed by atoms with Gasteiger partial charge in [0.05, 0.1) is 74.5 Å². The molecule has 7 N–H and O–H groups in total. The molecule has 0 saturated carbocycles. The van der Waals surface area contributed by atoms with Gasteiger partial charge in [-0.3, -0.25) is 49.4 Å². The molecule has 5 heterocycles. The average molecular weight is 1090 g/mol. The van der Waals surface area contributed by atoms with E-state index in [1.165, 1.54) is 6.07 Å². The molecule has 4 aromatic rings. The number of imide groups is 2. The Labute approximate surface area is 458 Å². The number of carbonyl (C=O) groups is 6. The number of carbonyl (C=O) groups excluding carboxylic acids is 6. The van der Waals surface area contributed by atoms with Gasteiger partial charge in [0, 0.05) is 68.4 Å². The lowest BCUT2D eigenvalue weighted by atomic mass is 9.86. The topological polar surface area (TPSA) is 272 Å². The van der Waals surface area contributed by atoms with Crippen molar-refractivity contribution in [3.63, 3.8) is 0 Å². The van der Waals surface area contributed by atoms with E-state index < -0.39 is 41.0 Å². The number of amidine groups is 2. The standard InChI is InChI=1S/C57H70FN11O10/c1-38(63-52(72)41-9-6-10-42(34-41)66-57(17-21-62-22-18-57)56(60)65-51(59)39-14-19-61-20-15-39)40-8-7-11-43(35-40)79-28-5-3-2-4-27-76-30-32-78-33-31-77-29-16-50(71)68-25-23-67(24-26-68)48-37-45-44(36-46(48)58)54(74)69(55(45)75)47-12-13-49(70)64-53(47)73/h6-11,14-15,19-20,34-38,47,62,66H,2-5,12-13,16-18,21-33H2,1H3,(H,63,72)(H3,59,60,65)(H,64,70,73)/t38-,47?/m1/s1. The predicted octanol–water partition coefficient (Wildman–Crippen LogP) is 4.76. The summed E-state index contributed by atoms with van der Waals surface area (Å²) in [5.41, 5.74) is 8.69. The second-order valence-electron chi connectivity index (χ2n) is 19.9. The summed E-state index contributed by atoms with van der Waals surface area (Å²) < 4.78 is 38.4. The molecule has 3 fully saturated rings. The number of rotatable bonds is 26. The summed E-state index contributed by atoms with van der Waals surface area (Å²) in [5.74, 6) is -2.59. The van der Waals surface area contributed by atoms with Crippen LogP contribution in [-0.2, 0) is 28.6 Å². The van der Waals surface area contributed by atoms with E-state index in [-0.39, 0.29) is 66.4 Å². The third-order valence-corrected chi connectivity index (χ3v) is 14.5. The fraction of sp³-hybridized carbons (Fsp3) is 0.456. The highest BCUT2D eigenvalue weighted by Crippen LogP contribution is 2.34. The number of nitrogens with two attached hydrogens (primary N) is 1. The molecule has 21 nitrogen and oxygen atoms in total. The zero-order chi connectivity index (χ0) is 55.7. The van der Waals surface area contributed by atoms with Crippen LogP contribution in [0.1, 0.15) is 113 Å². The minimum Gasteiger partial charge on any atom is -0.494 e. The van der Waals surface area contributed by atoms with Gasteiger partial charge in [-0.15, -0.1) is 0 Å². The third kappa shape index (κ3) is 15.1. The first-order valence-electron chi connectivity index (χ1n) is 27.1. The van der Waals surface area contributed by atoms with Crippen molar-refractivity contribution >= 4 is 58.5 Å². The Kier molecular flexibility index (Phi) is 20.2. The van der Waals surface area contributed by atoms with Crippen molar-refractivity contribution in [3.05, 3.63) is 119 Å². The molecule has 6 amide bonds. The molecule has 2 atom stereocenters. The maximum absolute atomic E-state index is 15.3. The van der Waals surface area contributed by atoms with E-state index in [0.29, 0.717) is 95.6 Å². The van der Waals surface area contributed by atoms with Gasteiger partial charge in [0.1, 0.15) is 23.4 Å². The zero-order valence-corrected chi connectivity index (χ0v) is 44.6. The van der Waals surface area contributed by atoms with Crippen LogP contribution >= 0.6 is 0 Å². The van der Waals surface area contributed by atoms with Crippen LogP contribution in [0, 0.1) is 11.2 Å².